The van der Waals surface area contributed by atoms with E-state index in [1.54, 1.807) is 0 Å². The molecule has 0 amide bonds. The molecule has 18 heavy (non-hydrogen) atoms. The Balaban J connectivity index is 2.00. The highest BCUT2D eigenvalue weighted by molar-refractivity contribution is 5.67. The van der Waals surface area contributed by atoms with E-state index >= 15 is 0 Å². The van der Waals surface area contributed by atoms with Crippen LogP contribution in [0.25, 0.3) is 0 Å². The van der Waals surface area contributed by atoms with E-state index in [1.165, 1.54) is 25.7 Å². The molecule has 0 aromatic carbocycles. The van der Waals surface area contributed by atoms with Gasteiger partial charge in [0.2, 0.25) is 0 Å². The average molecular weight is 253 g/mol. The molecule has 3 unspecified atom stereocenters. The summed E-state index contributed by atoms with van der Waals surface area (Å²) in [6, 6.07) is 0.904. The average Bonchev–Trinajstić information content (AvgIpc) is 2.63. The summed E-state index contributed by atoms with van der Waals surface area (Å²) >= 11 is 0. The number of likely N-dealkylation sites (tertiary alicyclic amines) is 1. The van der Waals surface area contributed by atoms with Crippen LogP contribution in [0.4, 0.5) is 0 Å². The van der Waals surface area contributed by atoms with E-state index in [2.05, 4.69) is 25.7 Å². The van der Waals surface area contributed by atoms with Gasteiger partial charge in [-0.3, -0.25) is 9.69 Å². The summed E-state index contributed by atoms with van der Waals surface area (Å²) in [6.07, 6.45) is 6.35. The highest BCUT2D eigenvalue weighted by Crippen LogP contribution is 2.42. The molecule has 2 fully saturated rings. The van der Waals surface area contributed by atoms with Gasteiger partial charge < -0.3 is 5.11 Å². The van der Waals surface area contributed by atoms with Crippen LogP contribution in [0.15, 0.2) is 0 Å². The summed E-state index contributed by atoms with van der Waals surface area (Å²) in [5.74, 6) is 0.0545. The van der Waals surface area contributed by atoms with Crippen molar-refractivity contribution in [3.05, 3.63) is 0 Å². The lowest BCUT2D eigenvalue weighted by atomic mass is 9.70. The van der Waals surface area contributed by atoms with E-state index in [9.17, 15) is 4.79 Å². The fraction of sp³-hybridized carbons (Fsp3) is 0.933. The van der Waals surface area contributed by atoms with E-state index < -0.39 is 5.97 Å². The summed E-state index contributed by atoms with van der Waals surface area (Å²) in [5.41, 5.74) is 0.470. The molecule has 1 aliphatic carbocycles. The predicted molar refractivity (Wildman–Crippen MR) is 72.6 cm³/mol. The van der Waals surface area contributed by atoms with Gasteiger partial charge in [0.25, 0.3) is 0 Å². The van der Waals surface area contributed by atoms with Crippen LogP contribution in [0.1, 0.15) is 59.3 Å². The zero-order valence-electron chi connectivity index (χ0n) is 12.0. The Labute approximate surface area is 111 Å². The molecule has 0 radical (unpaired) electrons. The van der Waals surface area contributed by atoms with Gasteiger partial charge in [0.1, 0.15) is 0 Å². The Bertz CT molecular complexity index is 314. The van der Waals surface area contributed by atoms with Crippen molar-refractivity contribution in [1.82, 2.24) is 4.90 Å². The fourth-order valence-electron chi connectivity index (χ4n) is 4.14. The summed E-state index contributed by atoms with van der Waals surface area (Å²) in [4.78, 5) is 13.4. The smallest absolute Gasteiger partial charge is 0.304 e. The van der Waals surface area contributed by atoms with E-state index in [0.29, 0.717) is 23.8 Å². The molecule has 2 aliphatic rings. The molecule has 3 nitrogen and oxygen atoms in total. The highest BCUT2D eigenvalue weighted by Gasteiger charge is 2.39. The van der Waals surface area contributed by atoms with Crippen molar-refractivity contribution >= 4 is 5.97 Å². The van der Waals surface area contributed by atoms with Crippen LogP contribution < -0.4 is 0 Å². The minimum Gasteiger partial charge on any atom is -0.481 e. The maximum Gasteiger partial charge on any atom is 0.304 e. The van der Waals surface area contributed by atoms with Gasteiger partial charge in [-0.15, -0.1) is 0 Å². The topological polar surface area (TPSA) is 40.5 Å². The third-order valence-electron chi connectivity index (χ3n) is 4.91. The maximum absolute atomic E-state index is 10.9. The maximum atomic E-state index is 10.9. The van der Waals surface area contributed by atoms with Crippen LogP contribution in [0.3, 0.4) is 0 Å². The van der Waals surface area contributed by atoms with Crippen LogP contribution in [-0.4, -0.2) is 34.6 Å². The molecule has 1 N–H and O–H groups in total. The summed E-state index contributed by atoms with van der Waals surface area (Å²) in [5, 5.41) is 9.01. The molecular weight excluding hydrogens is 226 g/mol. The molecule has 104 valence electrons. The van der Waals surface area contributed by atoms with E-state index in [1.807, 2.05) is 0 Å². The van der Waals surface area contributed by atoms with Crippen molar-refractivity contribution in [2.75, 3.05) is 6.54 Å². The van der Waals surface area contributed by atoms with Gasteiger partial charge in [-0.25, -0.2) is 0 Å². The monoisotopic (exact) mass is 253 g/mol. The number of carboxylic acids is 1. The second kappa shape index (κ2) is 5.20. The number of carbonyl (C=O) groups is 1. The van der Waals surface area contributed by atoms with E-state index in [0.717, 1.165) is 13.0 Å². The zero-order chi connectivity index (χ0) is 13.3. The van der Waals surface area contributed by atoms with Crippen LogP contribution in [-0.2, 0) is 4.79 Å². The van der Waals surface area contributed by atoms with Gasteiger partial charge >= 0.3 is 5.97 Å². The number of carboxylic acid groups (broad SMARTS) is 1. The van der Waals surface area contributed by atoms with Gasteiger partial charge in [0, 0.05) is 12.1 Å². The van der Waals surface area contributed by atoms with Gasteiger partial charge in [-0.2, -0.15) is 0 Å². The first-order chi connectivity index (χ1) is 8.39. The van der Waals surface area contributed by atoms with E-state index in [-0.39, 0.29) is 6.04 Å². The first-order valence-corrected chi connectivity index (χ1v) is 7.36. The highest BCUT2D eigenvalue weighted by atomic mass is 16.4. The Kier molecular flexibility index (Phi) is 4.00. The van der Waals surface area contributed by atoms with Crippen molar-refractivity contribution in [3.8, 4) is 0 Å². The first kappa shape index (κ1) is 13.9. The quantitative estimate of drug-likeness (QED) is 0.840. The fourth-order valence-corrected chi connectivity index (χ4v) is 4.14. The SMILES string of the molecule is CC1CC(C)(C)CCC1N1CCCC1CC(=O)O. The summed E-state index contributed by atoms with van der Waals surface area (Å²) in [6.45, 7) is 8.17. The molecule has 1 saturated heterocycles. The number of hydrogen-bond donors (Lipinski definition) is 1. The minimum atomic E-state index is -0.643. The van der Waals surface area contributed by atoms with Crippen molar-refractivity contribution in [2.24, 2.45) is 11.3 Å². The van der Waals surface area contributed by atoms with Crippen molar-refractivity contribution < 1.29 is 9.90 Å². The number of nitrogens with zero attached hydrogens (tertiary/aromatic N) is 1. The van der Waals surface area contributed by atoms with E-state index in [4.69, 9.17) is 5.11 Å². The molecule has 2 rings (SSSR count). The lowest BCUT2D eigenvalue weighted by Crippen LogP contribution is -2.47. The summed E-state index contributed by atoms with van der Waals surface area (Å²) < 4.78 is 0. The molecule has 0 aromatic heterocycles. The second-order valence-corrected chi connectivity index (χ2v) is 7.08. The van der Waals surface area contributed by atoms with Gasteiger partial charge in [0.05, 0.1) is 6.42 Å². The van der Waals surface area contributed by atoms with Crippen LogP contribution in [0.5, 0.6) is 0 Å². The molecule has 3 atom stereocenters. The molecule has 3 heteroatoms. The van der Waals surface area contributed by atoms with Crippen molar-refractivity contribution in [2.45, 2.75) is 71.4 Å². The molecule has 1 saturated carbocycles. The molecule has 0 spiro atoms. The van der Waals surface area contributed by atoms with Crippen molar-refractivity contribution in [1.29, 1.82) is 0 Å². The lowest BCUT2D eigenvalue weighted by molar-refractivity contribution is -0.138. The van der Waals surface area contributed by atoms with Crippen LogP contribution in [0.2, 0.25) is 0 Å². The number of aliphatic carboxylic acids is 1. The molecule has 0 aromatic rings. The number of hydrogen-bond acceptors (Lipinski definition) is 2. The Morgan fingerprint density at radius 3 is 2.72 bits per heavy atom. The van der Waals surface area contributed by atoms with Crippen LogP contribution in [0, 0.1) is 11.3 Å². The predicted octanol–water partition coefficient (Wildman–Crippen LogP) is 3.14. The van der Waals surface area contributed by atoms with Gasteiger partial charge in [-0.1, -0.05) is 20.8 Å². The number of rotatable bonds is 3. The zero-order valence-corrected chi connectivity index (χ0v) is 12.0. The molecule has 0 bridgehead atoms. The second-order valence-electron chi connectivity index (χ2n) is 7.08. The Hall–Kier alpha value is -0.570. The third-order valence-corrected chi connectivity index (χ3v) is 4.91. The first-order valence-electron chi connectivity index (χ1n) is 7.36. The van der Waals surface area contributed by atoms with Crippen molar-refractivity contribution in [3.63, 3.8) is 0 Å². The lowest BCUT2D eigenvalue weighted by Gasteiger charge is -2.45. The molecule has 1 aliphatic heterocycles. The normalized spacial score (nSPS) is 36.7. The van der Waals surface area contributed by atoms with Gasteiger partial charge in [-0.05, 0) is 50.0 Å². The molecular formula is C15H27NO2. The minimum absolute atomic E-state index is 0.288. The summed E-state index contributed by atoms with van der Waals surface area (Å²) in [7, 11) is 0. The largest absolute Gasteiger partial charge is 0.481 e. The standard InChI is InChI=1S/C15H27NO2/c1-11-10-15(2,3)7-6-13(11)16-8-4-5-12(16)9-14(17)18/h11-13H,4-10H2,1-3H3,(H,17,18). The Morgan fingerprint density at radius 1 is 1.39 bits per heavy atom. The molecule has 1 heterocycles. The third kappa shape index (κ3) is 3.05. The Morgan fingerprint density at radius 2 is 2.11 bits per heavy atom. The van der Waals surface area contributed by atoms with Gasteiger partial charge in [0.15, 0.2) is 0 Å². The van der Waals surface area contributed by atoms with Crippen LogP contribution >= 0.6 is 0 Å².